The number of aliphatic hydroxyl groups is 1. The normalized spacial score (nSPS) is 11.9. The minimum Gasteiger partial charge on any atom is -0.502 e. The van der Waals surface area contributed by atoms with Crippen molar-refractivity contribution >= 4 is 69.3 Å². The summed E-state index contributed by atoms with van der Waals surface area (Å²) in [5.41, 5.74) is 1.24. The number of halogens is 4. The number of aromatic nitrogens is 1. The molecule has 0 fully saturated rings. The zero-order chi connectivity index (χ0) is 21.7. The van der Waals surface area contributed by atoms with Gasteiger partial charge in [0, 0.05) is 33.3 Å². The molecule has 1 aromatic heterocycles. The first kappa shape index (κ1) is 22.5. The number of alkyl halides is 2. The first-order valence-electron chi connectivity index (χ1n) is 8.56. The average Bonchev–Trinajstić information content (AvgIpc) is 2.70. The molecule has 0 spiro atoms. The second kappa shape index (κ2) is 10.2. The van der Waals surface area contributed by atoms with Crippen LogP contribution in [0.4, 0.5) is 14.5 Å². The molecule has 9 heteroatoms. The van der Waals surface area contributed by atoms with Crippen LogP contribution in [0, 0.1) is 0 Å². The van der Waals surface area contributed by atoms with Gasteiger partial charge in [0.05, 0.1) is 5.02 Å². The molecule has 0 aliphatic heterocycles. The van der Waals surface area contributed by atoms with E-state index in [2.05, 4.69) is 5.32 Å². The largest absolute Gasteiger partial charge is 0.502 e. The van der Waals surface area contributed by atoms with E-state index in [9.17, 15) is 13.9 Å². The third-order valence-corrected chi connectivity index (χ3v) is 5.50. The molecule has 0 saturated carbocycles. The molecular weight excluding hydrogens is 469 g/mol. The van der Waals surface area contributed by atoms with E-state index in [1.54, 1.807) is 65.5 Å². The highest BCUT2D eigenvalue weighted by atomic mass is 35.5. The van der Waals surface area contributed by atoms with Crippen molar-refractivity contribution in [2.75, 3.05) is 5.32 Å². The number of nitrogens with one attached hydrogen (secondary N) is 1. The fourth-order valence-corrected chi connectivity index (χ4v) is 3.93. The molecule has 30 heavy (non-hydrogen) atoms. The third-order valence-electron chi connectivity index (χ3n) is 3.94. The van der Waals surface area contributed by atoms with Crippen LogP contribution in [-0.2, 0) is 0 Å². The van der Waals surface area contributed by atoms with E-state index in [4.69, 9.17) is 35.4 Å². The summed E-state index contributed by atoms with van der Waals surface area (Å²) in [6.45, 7) is 0. The summed E-state index contributed by atoms with van der Waals surface area (Å²) in [5.74, 6) is -2.63. The fraction of sp³-hybridized carbons (Fsp3) is 0.0476. The second-order valence-electron chi connectivity index (χ2n) is 5.96. The van der Waals surface area contributed by atoms with Crippen LogP contribution in [0.2, 0.25) is 10.0 Å². The van der Waals surface area contributed by atoms with E-state index in [1.807, 2.05) is 6.07 Å². The molecule has 1 heterocycles. The number of benzene rings is 2. The Bertz CT molecular complexity index is 1080. The number of thiocarbonyl (C=S) groups is 1. The third kappa shape index (κ3) is 5.70. The van der Waals surface area contributed by atoms with Crippen molar-refractivity contribution in [3.05, 3.63) is 88.7 Å². The Labute approximate surface area is 192 Å². The van der Waals surface area contributed by atoms with Crippen molar-refractivity contribution in [1.82, 2.24) is 0 Å². The molecule has 0 bridgehead atoms. The van der Waals surface area contributed by atoms with Gasteiger partial charge in [0.25, 0.3) is 11.5 Å². The van der Waals surface area contributed by atoms with Crippen molar-refractivity contribution in [3.8, 4) is 0 Å². The molecule has 3 nitrogen and oxygen atoms in total. The van der Waals surface area contributed by atoms with Crippen molar-refractivity contribution in [2.24, 2.45) is 0 Å². The monoisotopic (exact) mass is 483 g/mol. The van der Waals surface area contributed by atoms with E-state index in [0.29, 0.717) is 38.6 Å². The lowest BCUT2D eigenvalue weighted by molar-refractivity contribution is -0.575. The first-order chi connectivity index (χ1) is 14.3. The number of rotatable bonds is 6. The Hall–Kier alpha value is -2.19. The summed E-state index contributed by atoms with van der Waals surface area (Å²) in [6, 6.07) is 16.5. The van der Waals surface area contributed by atoms with Gasteiger partial charge >= 0.3 is 0 Å². The molecule has 0 aliphatic carbocycles. The van der Waals surface area contributed by atoms with Crippen LogP contribution in [-0.4, -0.2) is 15.9 Å². The summed E-state index contributed by atoms with van der Waals surface area (Å²) in [5, 5.41) is 14.8. The Morgan fingerprint density at radius 2 is 1.70 bits per heavy atom. The van der Waals surface area contributed by atoms with Crippen LogP contribution in [0.1, 0.15) is 5.56 Å². The minimum atomic E-state index is -2.49. The summed E-state index contributed by atoms with van der Waals surface area (Å²) >= 11 is 18.2. The SMILES string of the molecule is OC(=C(C(=S)Nc1ccc(SC(F)F)cc1)[n+]1ccccc1)c1ccc(Cl)cc1Cl. The molecule has 0 atom stereocenters. The minimum absolute atomic E-state index is 0.143. The summed E-state index contributed by atoms with van der Waals surface area (Å²) in [7, 11) is 0. The van der Waals surface area contributed by atoms with Crippen LogP contribution in [0.5, 0.6) is 0 Å². The Kier molecular flexibility index (Phi) is 7.66. The predicted octanol–water partition coefficient (Wildman–Crippen LogP) is 6.92. The molecule has 0 unspecified atom stereocenters. The van der Waals surface area contributed by atoms with Gasteiger partial charge in [0.2, 0.25) is 5.76 Å². The Morgan fingerprint density at radius 3 is 2.30 bits per heavy atom. The van der Waals surface area contributed by atoms with E-state index >= 15 is 0 Å². The van der Waals surface area contributed by atoms with Gasteiger partial charge in [-0.2, -0.15) is 13.3 Å². The highest BCUT2D eigenvalue weighted by Crippen LogP contribution is 2.29. The summed E-state index contributed by atoms with van der Waals surface area (Å²) < 4.78 is 26.7. The van der Waals surface area contributed by atoms with Crippen LogP contribution in [0.3, 0.4) is 0 Å². The van der Waals surface area contributed by atoms with Crippen molar-refractivity contribution in [2.45, 2.75) is 10.7 Å². The number of aliphatic hydroxyl groups excluding tert-OH is 1. The van der Waals surface area contributed by atoms with E-state index in [1.165, 1.54) is 6.07 Å². The molecule has 2 N–H and O–H groups in total. The molecule has 0 amide bonds. The van der Waals surface area contributed by atoms with Gasteiger partial charge in [-0.25, -0.2) is 0 Å². The Morgan fingerprint density at radius 1 is 1.03 bits per heavy atom. The maximum atomic E-state index is 12.5. The second-order valence-corrected chi connectivity index (χ2v) is 8.28. The molecule has 154 valence electrons. The van der Waals surface area contributed by atoms with Crippen LogP contribution >= 0.6 is 47.2 Å². The lowest BCUT2D eigenvalue weighted by atomic mass is 10.1. The smallest absolute Gasteiger partial charge is 0.288 e. The molecule has 0 radical (unpaired) electrons. The van der Waals surface area contributed by atoms with Gasteiger partial charge in [-0.15, -0.1) is 0 Å². The zero-order valence-corrected chi connectivity index (χ0v) is 18.4. The van der Waals surface area contributed by atoms with Gasteiger partial charge in [0.15, 0.2) is 17.4 Å². The molecule has 0 saturated heterocycles. The van der Waals surface area contributed by atoms with Crippen LogP contribution < -0.4 is 9.88 Å². The maximum Gasteiger partial charge on any atom is 0.288 e. The first-order valence-corrected chi connectivity index (χ1v) is 10.6. The summed E-state index contributed by atoms with van der Waals surface area (Å²) in [6.07, 6.45) is 3.46. The van der Waals surface area contributed by atoms with Gasteiger partial charge in [-0.05, 0) is 42.5 Å². The van der Waals surface area contributed by atoms with Gasteiger partial charge in [-0.3, -0.25) is 0 Å². The molecule has 3 aromatic rings. The van der Waals surface area contributed by atoms with Crippen molar-refractivity contribution < 1.29 is 18.5 Å². The van der Waals surface area contributed by atoms with Crippen LogP contribution in [0.25, 0.3) is 11.5 Å². The number of thioether (sulfide) groups is 1. The van der Waals surface area contributed by atoms with Crippen molar-refractivity contribution in [1.29, 1.82) is 0 Å². The fourth-order valence-electron chi connectivity index (χ4n) is 2.61. The summed E-state index contributed by atoms with van der Waals surface area (Å²) in [4.78, 5) is 0.648. The standard InChI is InChI=1S/C21H14Cl2F2N2OS2/c22-13-4-9-16(17(23)12-13)19(28)18(27-10-2-1-3-11-27)20(29)26-14-5-7-15(8-6-14)30-21(24)25/h1-12,21H,(H-,26,28,29)/p+1. The van der Waals surface area contributed by atoms with Gasteiger partial charge in [-0.1, -0.05) is 53.2 Å². The lowest BCUT2D eigenvalue weighted by Gasteiger charge is -2.11. The highest BCUT2D eigenvalue weighted by molar-refractivity contribution is 7.99. The molecule has 3 rings (SSSR count). The van der Waals surface area contributed by atoms with E-state index in [-0.39, 0.29) is 15.8 Å². The zero-order valence-electron chi connectivity index (χ0n) is 15.2. The van der Waals surface area contributed by atoms with Crippen molar-refractivity contribution in [3.63, 3.8) is 0 Å². The predicted molar refractivity (Wildman–Crippen MR) is 123 cm³/mol. The average molecular weight is 484 g/mol. The molecule has 2 aromatic carbocycles. The number of pyridine rings is 1. The number of anilines is 1. The maximum absolute atomic E-state index is 12.5. The quantitative estimate of drug-likeness (QED) is 0.131. The van der Waals surface area contributed by atoms with Gasteiger partial charge < -0.3 is 10.4 Å². The lowest BCUT2D eigenvalue weighted by Crippen LogP contribution is -2.38. The highest BCUT2D eigenvalue weighted by Gasteiger charge is 2.25. The number of nitrogens with zero attached hydrogens (tertiary/aromatic N) is 1. The van der Waals surface area contributed by atoms with E-state index < -0.39 is 5.76 Å². The van der Waals surface area contributed by atoms with Gasteiger partial charge in [0.1, 0.15) is 0 Å². The molecule has 0 aliphatic rings. The van der Waals surface area contributed by atoms with E-state index in [0.717, 1.165) is 0 Å². The number of hydrogen-bond acceptors (Lipinski definition) is 3. The van der Waals surface area contributed by atoms with Crippen LogP contribution in [0.15, 0.2) is 78.0 Å². The molecular formula is C21H15Cl2F2N2OS2+. The Balaban J connectivity index is 1.97. The topological polar surface area (TPSA) is 36.1 Å². The number of hydrogen-bond donors (Lipinski definition) is 2.